The summed E-state index contributed by atoms with van der Waals surface area (Å²) in [6, 6.07) is 11.1. The number of ether oxygens (including phenoxy) is 2. The number of likely N-dealkylation sites (tertiary alicyclic amines) is 1. The van der Waals surface area contributed by atoms with E-state index in [0.29, 0.717) is 23.5 Å². The van der Waals surface area contributed by atoms with E-state index >= 15 is 0 Å². The molecule has 36 heavy (non-hydrogen) atoms. The van der Waals surface area contributed by atoms with Crippen LogP contribution in [0.1, 0.15) is 41.4 Å². The van der Waals surface area contributed by atoms with Gasteiger partial charge in [0.15, 0.2) is 23.3 Å². The molecule has 0 amide bonds. The molecule has 1 fully saturated rings. The second-order valence-electron chi connectivity index (χ2n) is 9.07. The van der Waals surface area contributed by atoms with Crippen LogP contribution in [0.2, 0.25) is 0 Å². The molecule has 1 saturated heterocycles. The second kappa shape index (κ2) is 9.97. The third-order valence-corrected chi connectivity index (χ3v) is 6.88. The zero-order chi connectivity index (χ0) is 25.4. The van der Waals surface area contributed by atoms with Crippen LogP contribution < -0.4 is 9.47 Å². The van der Waals surface area contributed by atoms with Crippen LogP contribution in [0.4, 0.5) is 22.0 Å². The van der Waals surface area contributed by atoms with E-state index in [2.05, 4.69) is 4.90 Å². The maximum Gasteiger partial charge on any atom is 0.200 e. The van der Waals surface area contributed by atoms with Crippen LogP contribution in [0.15, 0.2) is 42.5 Å². The van der Waals surface area contributed by atoms with Crippen LogP contribution in [0.5, 0.6) is 17.2 Å². The van der Waals surface area contributed by atoms with Crippen LogP contribution in [0, 0.1) is 29.1 Å². The average Bonchev–Trinajstić information content (AvgIpc) is 3.40. The Balaban J connectivity index is 1.49. The molecular weight excluding hydrogens is 481 g/mol. The Morgan fingerprint density at radius 1 is 0.861 bits per heavy atom. The van der Waals surface area contributed by atoms with Crippen molar-refractivity contribution in [2.45, 2.75) is 24.7 Å². The summed E-state index contributed by atoms with van der Waals surface area (Å²) >= 11 is 0. The molecule has 2 aliphatic rings. The van der Waals surface area contributed by atoms with E-state index in [4.69, 9.17) is 9.47 Å². The van der Waals surface area contributed by atoms with E-state index in [1.165, 1.54) is 31.0 Å². The number of aromatic hydroxyl groups is 1. The quantitative estimate of drug-likeness (QED) is 0.259. The summed E-state index contributed by atoms with van der Waals surface area (Å²) in [5, 5.41) is 9.86. The third kappa shape index (κ3) is 4.48. The summed E-state index contributed by atoms with van der Waals surface area (Å²) in [7, 11) is 0. The van der Waals surface area contributed by atoms with Gasteiger partial charge in [-0.15, -0.1) is 0 Å². The van der Waals surface area contributed by atoms with E-state index in [-0.39, 0.29) is 18.1 Å². The van der Waals surface area contributed by atoms with Crippen molar-refractivity contribution in [3.63, 3.8) is 0 Å². The molecular formula is C27H24F5NO3. The fourth-order valence-electron chi connectivity index (χ4n) is 5.08. The predicted octanol–water partition coefficient (Wildman–Crippen LogP) is 5.87. The van der Waals surface area contributed by atoms with Gasteiger partial charge in [0.05, 0.1) is 6.61 Å². The summed E-state index contributed by atoms with van der Waals surface area (Å²) in [4.78, 5) is 2.32. The first-order valence-corrected chi connectivity index (χ1v) is 11.8. The molecule has 3 aromatic rings. The van der Waals surface area contributed by atoms with E-state index in [1.807, 2.05) is 0 Å². The van der Waals surface area contributed by atoms with Crippen molar-refractivity contribution >= 4 is 0 Å². The van der Waals surface area contributed by atoms with Gasteiger partial charge in [0, 0.05) is 35.6 Å². The Labute approximate surface area is 204 Å². The SMILES string of the molecule is Oc1ccc2c(c1)OC[C@@H](c1c(F)c(F)c(F)c(F)c1F)[C@H]2c1ccc(OCCN2CCCC2)cc1. The van der Waals surface area contributed by atoms with Gasteiger partial charge < -0.3 is 14.6 Å². The van der Waals surface area contributed by atoms with Gasteiger partial charge in [-0.1, -0.05) is 18.2 Å². The Morgan fingerprint density at radius 3 is 2.17 bits per heavy atom. The molecule has 0 radical (unpaired) electrons. The minimum Gasteiger partial charge on any atom is -0.508 e. The smallest absolute Gasteiger partial charge is 0.200 e. The van der Waals surface area contributed by atoms with Crippen LogP contribution in [-0.2, 0) is 0 Å². The second-order valence-corrected chi connectivity index (χ2v) is 9.07. The van der Waals surface area contributed by atoms with Crippen molar-refractivity contribution in [1.29, 1.82) is 0 Å². The predicted molar refractivity (Wildman–Crippen MR) is 122 cm³/mol. The molecule has 0 spiro atoms. The maximum absolute atomic E-state index is 14.8. The number of nitrogens with zero attached hydrogens (tertiary/aromatic N) is 1. The van der Waals surface area contributed by atoms with Gasteiger partial charge >= 0.3 is 0 Å². The lowest BCUT2D eigenvalue weighted by Crippen LogP contribution is -2.28. The van der Waals surface area contributed by atoms with Gasteiger partial charge in [0.25, 0.3) is 0 Å². The molecule has 0 bridgehead atoms. The first-order valence-electron chi connectivity index (χ1n) is 11.8. The van der Waals surface area contributed by atoms with Crippen molar-refractivity contribution in [3.05, 3.63) is 88.2 Å². The number of halogens is 5. The van der Waals surface area contributed by atoms with E-state index in [9.17, 15) is 27.1 Å². The van der Waals surface area contributed by atoms with Gasteiger partial charge in [-0.25, -0.2) is 22.0 Å². The van der Waals surface area contributed by atoms with Gasteiger partial charge in [-0.2, -0.15) is 0 Å². The number of benzene rings is 3. The molecule has 9 heteroatoms. The number of phenolic OH excluding ortho intramolecular Hbond substituents is 1. The number of rotatable bonds is 6. The van der Waals surface area contributed by atoms with Crippen LogP contribution in [0.25, 0.3) is 0 Å². The standard InChI is InChI=1S/C27H24F5NO3/c28-23-22(24(29)26(31)27(32)25(23)30)19-14-36-20-13-16(34)5-8-18(20)21(19)15-3-6-17(7-4-15)35-12-11-33-9-1-2-10-33/h3-8,13,19,21,34H,1-2,9-12,14H2/t19-,21+/m1/s1. The number of phenols is 1. The fourth-order valence-corrected chi connectivity index (χ4v) is 5.08. The molecule has 0 aromatic heterocycles. The zero-order valence-corrected chi connectivity index (χ0v) is 19.2. The van der Waals surface area contributed by atoms with Crippen LogP contribution in [-0.4, -0.2) is 42.9 Å². The van der Waals surface area contributed by atoms with Crippen molar-refractivity contribution in [1.82, 2.24) is 4.90 Å². The van der Waals surface area contributed by atoms with Crippen LogP contribution in [0.3, 0.4) is 0 Å². The minimum atomic E-state index is -2.21. The normalized spacial score (nSPS) is 19.7. The monoisotopic (exact) mass is 505 g/mol. The minimum absolute atomic E-state index is 0.0797. The summed E-state index contributed by atoms with van der Waals surface area (Å²) in [5.41, 5.74) is 0.0998. The Morgan fingerprint density at radius 2 is 1.50 bits per heavy atom. The van der Waals surface area contributed by atoms with E-state index < -0.39 is 46.5 Å². The number of hydrogen-bond acceptors (Lipinski definition) is 4. The Bertz CT molecular complexity index is 1230. The van der Waals surface area contributed by atoms with Crippen molar-refractivity contribution in [2.24, 2.45) is 0 Å². The first kappa shape index (κ1) is 24.4. The fraction of sp³-hybridized carbons (Fsp3) is 0.333. The topological polar surface area (TPSA) is 41.9 Å². The molecule has 0 saturated carbocycles. The molecule has 0 aliphatic carbocycles. The lowest BCUT2D eigenvalue weighted by atomic mass is 9.75. The van der Waals surface area contributed by atoms with Gasteiger partial charge in [0.1, 0.15) is 23.9 Å². The number of hydrogen-bond donors (Lipinski definition) is 1. The highest BCUT2D eigenvalue weighted by molar-refractivity contribution is 5.51. The largest absolute Gasteiger partial charge is 0.508 e. The summed E-state index contributed by atoms with van der Waals surface area (Å²) in [6.07, 6.45) is 2.37. The molecule has 1 N–H and O–H groups in total. The molecule has 2 aliphatic heterocycles. The van der Waals surface area contributed by atoms with Gasteiger partial charge in [-0.3, -0.25) is 4.90 Å². The molecule has 4 nitrogen and oxygen atoms in total. The first-order chi connectivity index (χ1) is 17.3. The van der Waals surface area contributed by atoms with Gasteiger partial charge in [-0.05, 0) is 49.7 Å². The highest BCUT2D eigenvalue weighted by Gasteiger charge is 2.39. The lowest BCUT2D eigenvalue weighted by molar-refractivity contribution is 0.235. The Hall–Kier alpha value is -3.33. The molecule has 5 rings (SSSR count). The molecule has 2 atom stereocenters. The highest BCUT2D eigenvalue weighted by Crippen LogP contribution is 2.48. The molecule has 2 heterocycles. The van der Waals surface area contributed by atoms with Crippen molar-refractivity contribution < 1.29 is 36.5 Å². The van der Waals surface area contributed by atoms with Crippen molar-refractivity contribution in [3.8, 4) is 17.2 Å². The van der Waals surface area contributed by atoms with E-state index in [1.54, 1.807) is 24.3 Å². The van der Waals surface area contributed by atoms with Gasteiger partial charge in [0.2, 0.25) is 5.82 Å². The highest BCUT2D eigenvalue weighted by atomic mass is 19.2. The third-order valence-electron chi connectivity index (χ3n) is 6.88. The van der Waals surface area contributed by atoms with Crippen molar-refractivity contribution in [2.75, 3.05) is 32.8 Å². The average molecular weight is 505 g/mol. The summed E-state index contributed by atoms with van der Waals surface area (Å²) in [6.45, 7) is 3.07. The number of fused-ring (bicyclic) bond motifs is 1. The zero-order valence-electron chi connectivity index (χ0n) is 19.2. The molecule has 190 valence electrons. The lowest BCUT2D eigenvalue weighted by Gasteiger charge is -2.35. The van der Waals surface area contributed by atoms with E-state index in [0.717, 1.165) is 19.6 Å². The van der Waals surface area contributed by atoms with Crippen LogP contribution >= 0.6 is 0 Å². The molecule has 3 aromatic carbocycles. The Kier molecular flexibility index (Phi) is 6.75. The summed E-state index contributed by atoms with van der Waals surface area (Å²) < 4.78 is 82.9. The maximum atomic E-state index is 14.8. The molecule has 0 unspecified atom stereocenters. The summed E-state index contributed by atoms with van der Waals surface area (Å²) in [5.74, 6) is -11.2.